The molecule has 5 rings (SSSR count). The first-order valence-electron chi connectivity index (χ1n) is 14.7. The Bertz CT molecular complexity index is 1370. The van der Waals surface area contributed by atoms with Crippen LogP contribution in [0.2, 0.25) is 0 Å². The minimum atomic E-state index is -0.871. The molecule has 1 aromatic heterocycles. The van der Waals surface area contributed by atoms with E-state index in [9.17, 15) is 14.7 Å². The molecule has 3 heterocycles. The number of hydrogen-bond acceptors (Lipinski definition) is 7. The van der Waals surface area contributed by atoms with E-state index < -0.39 is 17.9 Å². The van der Waals surface area contributed by atoms with E-state index >= 15 is 0 Å². The third kappa shape index (κ3) is 6.51. The molecule has 222 valence electrons. The normalized spacial score (nSPS) is 19.6. The van der Waals surface area contributed by atoms with Crippen LogP contribution in [0.3, 0.4) is 0 Å². The molecular weight excluding hydrogens is 534 g/mol. The van der Waals surface area contributed by atoms with Crippen LogP contribution in [0, 0.1) is 5.92 Å². The lowest BCUT2D eigenvalue weighted by Crippen LogP contribution is -2.45. The van der Waals surface area contributed by atoms with Crippen molar-refractivity contribution in [3.63, 3.8) is 0 Å². The van der Waals surface area contributed by atoms with Gasteiger partial charge in [-0.1, -0.05) is 37.6 Å². The first-order valence-corrected chi connectivity index (χ1v) is 14.7. The van der Waals surface area contributed by atoms with Crippen LogP contribution in [0.4, 0.5) is 5.69 Å². The second-order valence-corrected chi connectivity index (χ2v) is 10.8. The van der Waals surface area contributed by atoms with Crippen LogP contribution in [-0.2, 0) is 16.0 Å². The Morgan fingerprint density at radius 2 is 1.98 bits per heavy atom. The fraction of sp³-hybridized carbons (Fsp3) is 0.424. The summed E-state index contributed by atoms with van der Waals surface area (Å²) in [5, 5.41) is 10.5. The highest BCUT2D eigenvalue weighted by atomic mass is 16.5. The maximum Gasteiger partial charge on any atom is 0.308 e. The number of anilines is 1. The smallest absolute Gasteiger partial charge is 0.308 e. The molecule has 2 aromatic carbocycles. The number of hydrogen-bond donors (Lipinski definition) is 1. The number of fused-ring (bicyclic) bond motifs is 1. The SMILES string of the molecule is CCCCN(C(=O)CN1CC(c2ccc3c(c2)CCO3)C(C(=O)O)C1CCOc1ccccc1OC)c1cccnc1. The molecule has 9 heteroatoms. The number of aromatic nitrogens is 1. The Kier molecular flexibility index (Phi) is 9.59. The number of pyridine rings is 1. The molecule has 1 amide bonds. The number of carboxylic acids is 1. The van der Waals surface area contributed by atoms with E-state index in [0.29, 0.717) is 37.6 Å². The summed E-state index contributed by atoms with van der Waals surface area (Å²) < 4.78 is 17.2. The highest BCUT2D eigenvalue weighted by Gasteiger charge is 2.47. The van der Waals surface area contributed by atoms with Crippen molar-refractivity contribution < 1.29 is 28.9 Å². The number of carboxylic acid groups (broad SMARTS) is 1. The van der Waals surface area contributed by atoms with Crippen LogP contribution in [0.15, 0.2) is 67.0 Å². The maximum absolute atomic E-state index is 13.8. The third-order valence-electron chi connectivity index (χ3n) is 8.25. The van der Waals surface area contributed by atoms with Crippen LogP contribution >= 0.6 is 0 Å². The van der Waals surface area contributed by atoms with Crippen LogP contribution in [0.25, 0.3) is 0 Å². The van der Waals surface area contributed by atoms with Gasteiger partial charge in [0.2, 0.25) is 5.91 Å². The number of benzene rings is 2. The van der Waals surface area contributed by atoms with Crippen molar-refractivity contribution in [2.24, 2.45) is 5.92 Å². The molecular formula is C33H39N3O6. The van der Waals surface area contributed by atoms with Crippen molar-refractivity contribution in [2.75, 3.05) is 44.9 Å². The molecule has 0 radical (unpaired) electrons. The molecule has 2 aliphatic rings. The monoisotopic (exact) mass is 573 g/mol. The average molecular weight is 574 g/mol. The number of amides is 1. The number of ether oxygens (including phenoxy) is 3. The molecule has 3 atom stereocenters. The lowest BCUT2D eigenvalue weighted by atomic mass is 9.83. The molecule has 3 aromatic rings. The number of methoxy groups -OCH3 is 1. The zero-order valence-corrected chi connectivity index (χ0v) is 24.3. The van der Waals surface area contributed by atoms with E-state index in [0.717, 1.165) is 41.8 Å². The number of carbonyl (C=O) groups excluding carboxylic acids is 1. The predicted molar refractivity (Wildman–Crippen MR) is 159 cm³/mol. The van der Waals surface area contributed by atoms with Gasteiger partial charge in [-0.2, -0.15) is 0 Å². The highest BCUT2D eigenvalue weighted by molar-refractivity contribution is 5.94. The topological polar surface area (TPSA) is 101 Å². The minimum Gasteiger partial charge on any atom is -0.493 e. The second kappa shape index (κ2) is 13.7. The molecule has 1 fully saturated rings. The molecule has 0 saturated carbocycles. The first-order chi connectivity index (χ1) is 20.5. The third-order valence-corrected chi connectivity index (χ3v) is 8.25. The van der Waals surface area contributed by atoms with Gasteiger partial charge in [0.05, 0.1) is 44.7 Å². The molecule has 0 bridgehead atoms. The molecule has 1 N–H and O–H groups in total. The molecule has 3 unspecified atom stereocenters. The van der Waals surface area contributed by atoms with Gasteiger partial charge in [-0.3, -0.25) is 19.5 Å². The number of nitrogens with zero attached hydrogens (tertiary/aromatic N) is 3. The molecule has 42 heavy (non-hydrogen) atoms. The molecule has 0 spiro atoms. The first kappa shape index (κ1) is 29.4. The van der Waals surface area contributed by atoms with Crippen molar-refractivity contribution >= 4 is 17.6 Å². The Balaban J connectivity index is 1.41. The fourth-order valence-corrected chi connectivity index (χ4v) is 6.14. The Morgan fingerprint density at radius 1 is 1.14 bits per heavy atom. The van der Waals surface area contributed by atoms with Crippen LogP contribution in [-0.4, -0.2) is 72.9 Å². The number of carbonyl (C=O) groups is 2. The van der Waals surface area contributed by atoms with E-state index in [1.807, 2.05) is 53.4 Å². The second-order valence-electron chi connectivity index (χ2n) is 10.8. The fourth-order valence-electron chi connectivity index (χ4n) is 6.14. The Hall–Kier alpha value is -4.11. The molecule has 1 saturated heterocycles. The van der Waals surface area contributed by atoms with Crippen LogP contribution in [0.1, 0.15) is 43.2 Å². The predicted octanol–water partition coefficient (Wildman–Crippen LogP) is 4.80. The number of para-hydroxylation sites is 2. The summed E-state index contributed by atoms with van der Waals surface area (Å²) in [5.41, 5.74) is 2.81. The average Bonchev–Trinajstić information content (AvgIpc) is 3.62. The van der Waals surface area contributed by atoms with E-state index in [1.165, 1.54) is 0 Å². The van der Waals surface area contributed by atoms with Gasteiger partial charge >= 0.3 is 5.97 Å². The minimum absolute atomic E-state index is 0.0701. The van der Waals surface area contributed by atoms with E-state index in [1.54, 1.807) is 24.4 Å². The summed E-state index contributed by atoms with van der Waals surface area (Å²) in [7, 11) is 1.59. The number of aliphatic carboxylic acids is 1. The summed E-state index contributed by atoms with van der Waals surface area (Å²) in [6.07, 6.45) is 6.44. The summed E-state index contributed by atoms with van der Waals surface area (Å²) in [6.45, 7) is 4.15. The van der Waals surface area contributed by atoms with Gasteiger partial charge in [0.15, 0.2) is 11.5 Å². The van der Waals surface area contributed by atoms with Crippen molar-refractivity contribution in [1.29, 1.82) is 0 Å². The van der Waals surface area contributed by atoms with E-state index in [2.05, 4.69) is 18.0 Å². The number of unbranched alkanes of at least 4 members (excludes halogenated alkanes) is 1. The van der Waals surface area contributed by atoms with E-state index in [4.69, 9.17) is 14.2 Å². The van der Waals surface area contributed by atoms with Gasteiger partial charge in [0.25, 0.3) is 0 Å². The van der Waals surface area contributed by atoms with Crippen LogP contribution in [0.5, 0.6) is 17.2 Å². The lowest BCUT2D eigenvalue weighted by molar-refractivity contribution is -0.143. The van der Waals surface area contributed by atoms with Gasteiger partial charge in [-0.25, -0.2) is 0 Å². The standard InChI is InChI=1S/C33H39N3O6/c1-3-4-16-36(25-8-7-15-34-20-25)31(37)22-35-21-26(23-11-12-28-24(19-23)13-17-41-28)32(33(38)39)27(35)14-18-42-30-10-6-5-9-29(30)40-2/h5-12,15,19-20,26-27,32H,3-4,13-14,16-18,21-22H2,1-2H3,(H,38,39). The maximum atomic E-state index is 13.8. The van der Waals surface area contributed by atoms with Crippen LogP contribution < -0.4 is 19.1 Å². The van der Waals surface area contributed by atoms with Crippen molar-refractivity contribution in [2.45, 2.75) is 44.6 Å². The largest absolute Gasteiger partial charge is 0.493 e. The zero-order chi connectivity index (χ0) is 29.5. The van der Waals surface area contributed by atoms with Gasteiger partial charge in [0.1, 0.15) is 5.75 Å². The Morgan fingerprint density at radius 3 is 2.71 bits per heavy atom. The zero-order valence-electron chi connectivity index (χ0n) is 24.3. The number of rotatable bonds is 13. The summed E-state index contributed by atoms with van der Waals surface area (Å²) in [6, 6.07) is 16.7. The van der Waals surface area contributed by atoms with Gasteiger partial charge in [-0.05, 0) is 54.3 Å². The van der Waals surface area contributed by atoms with Gasteiger partial charge < -0.3 is 24.2 Å². The molecule has 0 aliphatic carbocycles. The Labute approximate surface area is 247 Å². The summed E-state index contributed by atoms with van der Waals surface area (Å²) in [5.74, 6) is 0.155. The number of likely N-dealkylation sites (tertiary alicyclic amines) is 1. The van der Waals surface area contributed by atoms with E-state index in [-0.39, 0.29) is 25.0 Å². The summed E-state index contributed by atoms with van der Waals surface area (Å²) in [4.78, 5) is 34.8. The van der Waals surface area contributed by atoms with Crippen molar-refractivity contribution in [3.05, 3.63) is 78.1 Å². The van der Waals surface area contributed by atoms with Gasteiger partial charge in [-0.15, -0.1) is 0 Å². The van der Waals surface area contributed by atoms with Crippen molar-refractivity contribution in [3.8, 4) is 17.2 Å². The highest BCUT2D eigenvalue weighted by Crippen LogP contribution is 2.41. The van der Waals surface area contributed by atoms with Crippen molar-refractivity contribution in [1.82, 2.24) is 9.88 Å². The summed E-state index contributed by atoms with van der Waals surface area (Å²) >= 11 is 0. The van der Waals surface area contributed by atoms with Gasteiger partial charge in [0, 0.05) is 37.7 Å². The lowest BCUT2D eigenvalue weighted by Gasteiger charge is -2.29. The molecule has 2 aliphatic heterocycles. The molecule has 9 nitrogen and oxygen atoms in total. The quantitative estimate of drug-likeness (QED) is 0.311.